The molecule has 0 radical (unpaired) electrons. The van der Waals surface area contributed by atoms with Crippen molar-refractivity contribution < 1.29 is 9.47 Å². The van der Waals surface area contributed by atoms with Gasteiger partial charge in [0.25, 0.3) is 0 Å². The van der Waals surface area contributed by atoms with Gasteiger partial charge >= 0.3 is 0 Å². The fourth-order valence-corrected chi connectivity index (χ4v) is 2.55. The van der Waals surface area contributed by atoms with E-state index in [9.17, 15) is 0 Å². The first kappa shape index (κ1) is 11.4. The predicted molar refractivity (Wildman–Crippen MR) is 72.9 cm³/mol. The van der Waals surface area contributed by atoms with Crippen LogP contribution in [0.15, 0.2) is 28.3 Å². The third-order valence-corrected chi connectivity index (χ3v) is 3.68. The van der Waals surface area contributed by atoms with Crippen LogP contribution in [0.4, 0.5) is 0 Å². The minimum atomic E-state index is 0.600. The summed E-state index contributed by atoms with van der Waals surface area (Å²) in [6.45, 7) is 1.21. The molecule has 0 amide bonds. The normalized spacial score (nSPS) is 20.3. The summed E-state index contributed by atoms with van der Waals surface area (Å²) in [5.74, 6) is 2.40. The van der Waals surface area contributed by atoms with E-state index in [1.165, 1.54) is 0 Å². The lowest BCUT2D eigenvalue weighted by Gasteiger charge is -2.20. The highest BCUT2D eigenvalue weighted by atomic mass is 32.2. The van der Waals surface area contributed by atoms with Crippen molar-refractivity contribution in [2.24, 2.45) is 10.1 Å². The van der Waals surface area contributed by atoms with Crippen molar-refractivity contribution in [2.75, 3.05) is 26.0 Å². The lowest BCUT2D eigenvalue weighted by atomic mass is 10.1. The van der Waals surface area contributed by atoms with Crippen LogP contribution in [0.25, 0.3) is 0 Å². The summed E-state index contributed by atoms with van der Waals surface area (Å²) < 4.78 is 11.1. The molecule has 1 N–H and O–H groups in total. The molecule has 6 heteroatoms. The number of ether oxygens (including phenoxy) is 2. The maximum absolute atomic E-state index is 5.57. The zero-order chi connectivity index (χ0) is 12.4. The highest BCUT2D eigenvalue weighted by molar-refractivity contribution is 8.14. The molecule has 1 aromatic rings. The van der Waals surface area contributed by atoms with Crippen LogP contribution < -0.4 is 14.9 Å². The maximum Gasteiger partial charge on any atom is 0.177 e. The average Bonchev–Trinajstić information content (AvgIpc) is 2.47. The van der Waals surface area contributed by atoms with Gasteiger partial charge in [0.2, 0.25) is 0 Å². The molecular weight excluding hydrogens is 250 g/mol. The van der Waals surface area contributed by atoms with Gasteiger partial charge in [-0.3, -0.25) is 10.4 Å². The number of nitrogens with zero attached hydrogens (tertiary/aromatic N) is 2. The van der Waals surface area contributed by atoms with Crippen LogP contribution in [-0.2, 0) is 0 Å². The summed E-state index contributed by atoms with van der Waals surface area (Å²) >= 11 is 1.64. The molecule has 0 aliphatic carbocycles. The van der Waals surface area contributed by atoms with Gasteiger partial charge < -0.3 is 9.47 Å². The van der Waals surface area contributed by atoms with Crippen LogP contribution in [0.5, 0.6) is 11.5 Å². The second-order valence-corrected chi connectivity index (χ2v) is 4.81. The second-order valence-electron chi connectivity index (χ2n) is 3.85. The van der Waals surface area contributed by atoms with Crippen LogP contribution in [0.1, 0.15) is 5.56 Å². The number of aliphatic imine (C=N–C) groups is 1. The van der Waals surface area contributed by atoms with E-state index in [1.54, 1.807) is 18.8 Å². The van der Waals surface area contributed by atoms with Gasteiger partial charge in [-0.25, -0.2) is 0 Å². The number of rotatable bonds is 1. The van der Waals surface area contributed by atoms with E-state index in [2.05, 4.69) is 15.5 Å². The van der Waals surface area contributed by atoms with Crippen molar-refractivity contribution in [3.63, 3.8) is 0 Å². The Kier molecular flexibility index (Phi) is 3.10. The molecule has 2 aliphatic rings. The van der Waals surface area contributed by atoms with Gasteiger partial charge in [-0.05, 0) is 18.2 Å². The summed E-state index contributed by atoms with van der Waals surface area (Å²) in [5.41, 5.74) is 4.97. The molecule has 0 atom stereocenters. The first-order valence-electron chi connectivity index (χ1n) is 5.69. The number of hydrogen-bond donors (Lipinski definition) is 1. The average molecular weight is 263 g/mol. The molecule has 0 saturated carbocycles. The van der Waals surface area contributed by atoms with E-state index in [1.807, 2.05) is 18.2 Å². The molecule has 1 aromatic carbocycles. The van der Waals surface area contributed by atoms with Gasteiger partial charge in [0.1, 0.15) is 13.2 Å². The molecule has 0 saturated heterocycles. The van der Waals surface area contributed by atoms with Crippen LogP contribution in [0.3, 0.4) is 0 Å². The number of fused-ring (bicyclic) bond motifs is 1. The van der Waals surface area contributed by atoms with Crippen molar-refractivity contribution in [3.8, 4) is 11.5 Å². The molecule has 5 nitrogen and oxygen atoms in total. The molecule has 2 aliphatic heterocycles. The lowest BCUT2D eigenvalue weighted by molar-refractivity contribution is 0.171. The van der Waals surface area contributed by atoms with Gasteiger partial charge in [-0.15, -0.1) is 0 Å². The maximum atomic E-state index is 5.57. The van der Waals surface area contributed by atoms with Gasteiger partial charge in [-0.1, -0.05) is 11.8 Å². The number of thioether (sulfide) groups is 1. The quantitative estimate of drug-likeness (QED) is 0.834. The molecule has 0 unspecified atom stereocenters. The van der Waals surface area contributed by atoms with E-state index < -0.39 is 0 Å². The summed E-state index contributed by atoms with van der Waals surface area (Å²) in [7, 11) is 1.75. The number of hydrazone groups is 1. The van der Waals surface area contributed by atoms with Gasteiger partial charge in [0, 0.05) is 18.4 Å². The molecule has 0 fully saturated rings. The SMILES string of the molecule is CN=C1NN=C(c2ccc3c(c2)OCCO3)CS1. The van der Waals surface area contributed by atoms with Crippen LogP contribution in [0.2, 0.25) is 0 Å². The second kappa shape index (κ2) is 4.89. The van der Waals surface area contributed by atoms with Gasteiger partial charge in [0.05, 0.1) is 5.71 Å². The predicted octanol–water partition coefficient (Wildman–Crippen LogP) is 1.48. The molecule has 18 heavy (non-hydrogen) atoms. The number of benzene rings is 1. The van der Waals surface area contributed by atoms with Crippen molar-refractivity contribution in [1.82, 2.24) is 5.43 Å². The molecule has 3 rings (SSSR count). The Hall–Kier alpha value is -1.69. The Morgan fingerprint density at radius 3 is 2.83 bits per heavy atom. The standard InChI is InChI=1S/C12H13N3O2S/c1-13-12-15-14-9(7-18-12)8-2-3-10-11(6-8)17-5-4-16-10/h2-3,6H,4-5,7H2,1H3,(H,13,15). The largest absolute Gasteiger partial charge is 0.486 e. The Balaban J connectivity index is 1.87. The van der Waals surface area contributed by atoms with Crippen LogP contribution in [0, 0.1) is 0 Å². The molecule has 0 bridgehead atoms. The van der Waals surface area contributed by atoms with E-state index in [0.29, 0.717) is 13.2 Å². The molecule has 0 aromatic heterocycles. The van der Waals surface area contributed by atoms with E-state index in [4.69, 9.17) is 9.47 Å². The monoisotopic (exact) mass is 263 g/mol. The van der Waals surface area contributed by atoms with Crippen molar-refractivity contribution in [3.05, 3.63) is 23.8 Å². The van der Waals surface area contributed by atoms with Gasteiger partial charge in [-0.2, -0.15) is 5.10 Å². The topological polar surface area (TPSA) is 55.2 Å². The van der Waals surface area contributed by atoms with Crippen molar-refractivity contribution >= 4 is 22.6 Å². The third kappa shape index (κ3) is 2.15. The Bertz CT molecular complexity index is 528. The first-order valence-corrected chi connectivity index (χ1v) is 6.67. The zero-order valence-electron chi connectivity index (χ0n) is 9.97. The molecular formula is C12H13N3O2S. The Labute approximate surface area is 109 Å². The Morgan fingerprint density at radius 1 is 1.28 bits per heavy atom. The minimum absolute atomic E-state index is 0.600. The van der Waals surface area contributed by atoms with Crippen molar-refractivity contribution in [2.45, 2.75) is 0 Å². The Morgan fingerprint density at radius 2 is 2.11 bits per heavy atom. The van der Waals surface area contributed by atoms with E-state index in [0.717, 1.165) is 33.7 Å². The van der Waals surface area contributed by atoms with E-state index >= 15 is 0 Å². The highest BCUT2D eigenvalue weighted by Crippen LogP contribution is 2.31. The first-order chi connectivity index (χ1) is 8.86. The third-order valence-electron chi connectivity index (χ3n) is 2.71. The van der Waals surface area contributed by atoms with E-state index in [-0.39, 0.29) is 0 Å². The van der Waals surface area contributed by atoms with Crippen molar-refractivity contribution in [1.29, 1.82) is 0 Å². The lowest BCUT2D eigenvalue weighted by Crippen LogP contribution is -2.25. The van der Waals surface area contributed by atoms with Crippen LogP contribution in [-0.4, -0.2) is 36.9 Å². The minimum Gasteiger partial charge on any atom is -0.486 e. The van der Waals surface area contributed by atoms with Crippen LogP contribution >= 0.6 is 11.8 Å². The summed E-state index contributed by atoms with van der Waals surface area (Å²) in [6, 6.07) is 5.91. The number of nitrogens with one attached hydrogen (secondary N) is 1. The summed E-state index contributed by atoms with van der Waals surface area (Å²) in [5, 5.41) is 5.16. The fourth-order valence-electron chi connectivity index (χ4n) is 1.80. The summed E-state index contributed by atoms with van der Waals surface area (Å²) in [6.07, 6.45) is 0. The number of hydrogen-bond acceptors (Lipinski definition) is 5. The smallest absolute Gasteiger partial charge is 0.177 e. The molecule has 94 valence electrons. The zero-order valence-corrected chi connectivity index (χ0v) is 10.8. The summed E-state index contributed by atoms with van der Waals surface area (Å²) in [4.78, 5) is 4.06. The molecule has 2 heterocycles. The number of amidine groups is 1. The highest BCUT2D eigenvalue weighted by Gasteiger charge is 2.16. The van der Waals surface area contributed by atoms with Gasteiger partial charge in [0.15, 0.2) is 16.7 Å². The fraction of sp³-hybridized carbons (Fsp3) is 0.333. The molecule has 0 spiro atoms.